The number of hydrogen-bond acceptors (Lipinski definition) is 4. The van der Waals surface area contributed by atoms with Crippen molar-refractivity contribution >= 4 is 19.7 Å². The van der Waals surface area contributed by atoms with Crippen molar-refractivity contribution in [3.63, 3.8) is 0 Å². The normalized spacial score (nSPS) is 12.8. The molecule has 0 radical (unpaired) electrons. The first-order chi connectivity index (χ1) is 8.14. The minimum absolute atomic E-state index is 0.670. The minimum Gasteiger partial charge on any atom is -0.470 e. The van der Waals surface area contributed by atoms with Crippen molar-refractivity contribution in [3.05, 3.63) is 18.3 Å². The molecule has 1 aromatic heterocycles. The number of rotatable bonds is 5. The quantitative estimate of drug-likeness (QED) is 0.618. The number of nitrogens with zero attached hydrogens (tertiary/aromatic N) is 1. The van der Waals surface area contributed by atoms with Crippen molar-refractivity contribution in [2.75, 3.05) is 6.61 Å². The first-order valence-corrected chi connectivity index (χ1v) is 6.64. The summed E-state index contributed by atoms with van der Waals surface area (Å²) in [6.07, 6.45) is -2.89. The van der Waals surface area contributed by atoms with Crippen molar-refractivity contribution < 1.29 is 30.7 Å². The van der Waals surface area contributed by atoms with Crippen LogP contribution in [0.3, 0.4) is 0 Å². The highest BCUT2D eigenvalue weighted by atomic mass is 35.7. The second kappa shape index (κ2) is 5.27. The molecule has 0 aliphatic carbocycles. The van der Waals surface area contributed by atoms with Gasteiger partial charge in [0.1, 0.15) is 4.90 Å². The van der Waals surface area contributed by atoms with Gasteiger partial charge in [0.05, 0.1) is 0 Å². The Bertz CT molecular complexity index is 523. The van der Waals surface area contributed by atoms with Crippen LogP contribution in [0.25, 0.3) is 0 Å². The number of aromatic nitrogens is 1. The fourth-order valence-electron chi connectivity index (χ4n) is 0.898. The summed E-state index contributed by atoms with van der Waals surface area (Å²) in [6, 6.07) is 2.12. The number of alkyl halides is 4. The van der Waals surface area contributed by atoms with E-state index in [0.29, 0.717) is 0 Å². The standard InChI is InChI=1S/C8H6ClF4NO3S/c9-18(15,16)5-2-1-3-14-6(5)17-4-8(12,13)7(10)11/h1-3,7H,4H2. The molecular weight excluding hydrogens is 302 g/mol. The lowest BCUT2D eigenvalue weighted by atomic mass is 10.4. The van der Waals surface area contributed by atoms with Crippen LogP contribution >= 0.6 is 10.7 Å². The largest absolute Gasteiger partial charge is 0.470 e. The molecule has 0 aromatic carbocycles. The van der Waals surface area contributed by atoms with Crippen LogP contribution < -0.4 is 4.74 Å². The monoisotopic (exact) mass is 307 g/mol. The predicted octanol–water partition coefficient (Wildman–Crippen LogP) is 2.29. The smallest absolute Gasteiger partial charge is 0.340 e. The average molecular weight is 308 g/mol. The SMILES string of the molecule is O=S(=O)(Cl)c1cccnc1OCC(F)(F)C(F)F. The van der Waals surface area contributed by atoms with Gasteiger partial charge in [0.25, 0.3) is 9.05 Å². The summed E-state index contributed by atoms with van der Waals surface area (Å²) in [4.78, 5) is 2.67. The van der Waals surface area contributed by atoms with Gasteiger partial charge in [-0.25, -0.2) is 22.2 Å². The molecule has 10 heteroatoms. The molecule has 0 atom stereocenters. The van der Waals surface area contributed by atoms with E-state index in [1.165, 1.54) is 6.07 Å². The lowest BCUT2D eigenvalue weighted by Gasteiger charge is -2.16. The van der Waals surface area contributed by atoms with Gasteiger partial charge in [-0.05, 0) is 12.1 Å². The first kappa shape index (κ1) is 15.0. The van der Waals surface area contributed by atoms with E-state index in [4.69, 9.17) is 10.7 Å². The molecule has 0 aliphatic rings. The Morgan fingerprint density at radius 2 is 2.06 bits per heavy atom. The van der Waals surface area contributed by atoms with Crippen LogP contribution in [0.4, 0.5) is 17.6 Å². The first-order valence-electron chi connectivity index (χ1n) is 4.33. The number of hydrogen-bond donors (Lipinski definition) is 0. The zero-order valence-corrected chi connectivity index (χ0v) is 10.1. The number of ether oxygens (including phenoxy) is 1. The average Bonchev–Trinajstić information content (AvgIpc) is 2.25. The molecule has 4 nitrogen and oxygen atoms in total. The van der Waals surface area contributed by atoms with Gasteiger partial charge in [0.2, 0.25) is 5.88 Å². The van der Waals surface area contributed by atoms with Crippen molar-refractivity contribution in [3.8, 4) is 5.88 Å². The Balaban J connectivity index is 2.94. The van der Waals surface area contributed by atoms with Gasteiger partial charge in [0, 0.05) is 16.9 Å². The molecule has 0 bridgehead atoms. The molecule has 0 aliphatic heterocycles. The number of pyridine rings is 1. The fraction of sp³-hybridized carbons (Fsp3) is 0.375. The second-order valence-corrected chi connectivity index (χ2v) is 5.63. The van der Waals surface area contributed by atoms with E-state index < -0.39 is 38.8 Å². The zero-order chi connectivity index (χ0) is 14.0. The fourth-order valence-corrected chi connectivity index (χ4v) is 1.81. The molecule has 0 amide bonds. The Kier molecular flexibility index (Phi) is 4.38. The van der Waals surface area contributed by atoms with E-state index in [1.54, 1.807) is 0 Å². The summed E-state index contributed by atoms with van der Waals surface area (Å²) < 4.78 is 75.2. The Labute approximate surface area is 104 Å². The molecule has 102 valence electrons. The minimum atomic E-state index is -4.41. The Morgan fingerprint density at radius 1 is 1.44 bits per heavy atom. The van der Waals surface area contributed by atoms with E-state index in [2.05, 4.69) is 9.72 Å². The summed E-state index contributed by atoms with van der Waals surface area (Å²) in [5.41, 5.74) is 0. The molecule has 1 aromatic rings. The molecule has 0 saturated heterocycles. The third-order valence-corrected chi connectivity index (χ3v) is 3.05. The van der Waals surface area contributed by atoms with Crippen LogP contribution in [0.5, 0.6) is 5.88 Å². The van der Waals surface area contributed by atoms with E-state index >= 15 is 0 Å². The van der Waals surface area contributed by atoms with Crippen LogP contribution in [0.2, 0.25) is 0 Å². The molecular formula is C8H6ClF4NO3S. The van der Waals surface area contributed by atoms with Crippen molar-refractivity contribution in [1.29, 1.82) is 0 Å². The van der Waals surface area contributed by atoms with Gasteiger partial charge in [-0.1, -0.05) is 0 Å². The van der Waals surface area contributed by atoms with E-state index in [-0.39, 0.29) is 0 Å². The Morgan fingerprint density at radius 3 is 2.56 bits per heavy atom. The van der Waals surface area contributed by atoms with Crippen LogP contribution in [-0.4, -0.2) is 32.4 Å². The highest BCUT2D eigenvalue weighted by molar-refractivity contribution is 8.13. The van der Waals surface area contributed by atoms with E-state index in [1.807, 2.05) is 0 Å². The van der Waals surface area contributed by atoms with Crippen molar-refractivity contribution in [2.24, 2.45) is 0 Å². The van der Waals surface area contributed by atoms with Gasteiger partial charge in [-0.2, -0.15) is 8.78 Å². The maximum atomic E-state index is 12.6. The second-order valence-electron chi connectivity index (χ2n) is 3.09. The molecule has 0 fully saturated rings. The molecule has 0 unspecified atom stereocenters. The van der Waals surface area contributed by atoms with Crippen molar-refractivity contribution in [2.45, 2.75) is 17.2 Å². The summed E-state index contributed by atoms with van der Waals surface area (Å²) in [6.45, 7) is -1.71. The zero-order valence-electron chi connectivity index (χ0n) is 8.49. The summed E-state index contributed by atoms with van der Waals surface area (Å²) in [5, 5.41) is 0. The van der Waals surface area contributed by atoms with Crippen LogP contribution in [-0.2, 0) is 9.05 Å². The maximum absolute atomic E-state index is 12.6. The van der Waals surface area contributed by atoms with Gasteiger partial charge < -0.3 is 4.74 Å². The predicted molar refractivity (Wildman–Crippen MR) is 53.7 cm³/mol. The third-order valence-electron chi connectivity index (χ3n) is 1.72. The van der Waals surface area contributed by atoms with Crippen LogP contribution in [0, 0.1) is 0 Å². The summed E-state index contributed by atoms with van der Waals surface area (Å²) in [7, 11) is 0.724. The van der Waals surface area contributed by atoms with Gasteiger partial charge >= 0.3 is 12.3 Å². The maximum Gasteiger partial charge on any atom is 0.340 e. The van der Waals surface area contributed by atoms with E-state index in [9.17, 15) is 26.0 Å². The summed E-state index contributed by atoms with van der Waals surface area (Å²) in [5.74, 6) is -5.17. The number of halogens is 5. The van der Waals surface area contributed by atoms with Crippen LogP contribution in [0.15, 0.2) is 23.2 Å². The molecule has 1 heterocycles. The lowest BCUT2D eigenvalue weighted by Crippen LogP contribution is -2.34. The molecule has 0 N–H and O–H groups in total. The van der Waals surface area contributed by atoms with Gasteiger partial charge in [-0.15, -0.1) is 0 Å². The summed E-state index contributed by atoms with van der Waals surface area (Å²) >= 11 is 0. The topological polar surface area (TPSA) is 56.3 Å². The Hall–Kier alpha value is -1.09. The highest BCUT2D eigenvalue weighted by Gasteiger charge is 2.42. The highest BCUT2D eigenvalue weighted by Crippen LogP contribution is 2.27. The van der Waals surface area contributed by atoms with Gasteiger partial charge in [0.15, 0.2) is 6.61 Å². The molecule has 1 rings (SSSR count). The van der Waals surface area contributed by atoms with Crippen LogP contribution in [0.1, 0.15) is 0 Å². The molecule has 0 spiro atoms. The van der Waals surface area contributed by atoms with E-state index in [0.717, 1.165) is 12.3 Å². The van der Waals surface area contributed by atoms with Gasteiger partial charge in [-0.3, -0.25) is 0 Å². The van der Waals surface area contributed by atoms with Crippen molar-refractivity contribution in [1.82, 2.24) is 4.98 Å². The third kappa shape index (κ3) is 3.70. The lowest BCUT2D eigenvalue weighted by molar-refractivity contribution is -0.149. The molecule has 0 saturated carbocycles. The molecule has 18 heavy (non-hydrogen) atoms.